The lowest BCUT2D eigenvalue weighted by Crippen LogP contribution is -2.52. The summed E-state index contributed by atoms with van der Waals surface area (Å²) in [5, 5.41) is 18.4. The summed E-state index contributed by atoms with van der Waals surface area (Å²) in [4.78, 5) is 21.1. The van der Waals surface area contributed by atoms with Gasteiger partial charge >= 0.3 is 0 Å². The summed E-state index contributed by atoms with van der Waals surface area (Å²) in [7, 11) is 3.85. The molecule has 3 aliphatic rings. The van der Waals surface area contributed by atoms with Crippen LogP contribution in [0.1, 0.15) is 62.3 Å². The highest BCUT2D eigenvalue weighted by Crippen LogP contribution is 2.42. The molecule has 0 atom stereocenters. The van der Waals surface area contributed by atoms with Crippen LogP contribution in [0, 0.1) is 12.7 Å². The van der Waals surface area contributed by atoms with Crippen molar-refractivity contribution < 1.29 is 14.2 Å². The van der Waals surface area contributed by atoms with Crippen LogP contribution in [0.15, 0.2) is 42.6 Å². The smallest absolute Gasteiger partial charge is 0.229 e. The second-order valence-corrected chi connectivity index (χ2v) is 14.2. The van der Waals surface area contributed by atoms with Crippen LogP contribution in [-0.2, 0) is 5.60 Å². The van der Waals surface area contributed by atoms with E-state index in [1.54, 1.807) is 21.0 Å². The molecule has 7 rings (SSSR count). The number of halogens is 1. The Morgan fingerprint density at radius 2 is 1.67 bits per heavy atom. The van der Waals surface area contributed by atoms with Gasteiger partial charge in [-0.3, -0.25) is 9.88 Å². The normalized spacial score (nSPS) is 18.4. The molecular weight excluding hydrogens is 607 g/mol. The number of hydrogen-bond donors (Lipinski definition) is 3. The minimum absolute atomic E-state index is 0.00422. The van der Waals surface area contributed by atoms with Crippen LogP contribution in [0.25, 0.3) is 10.9 Å². The number of hydrogen-bond acceptors (Lipinski definition) is 10. The minimum atomic E-state index is -1.22. The molecule has 48 heavy (non-hydrogen) atoms. The summed E-state index contributed by atoms with van der Waals surface area (Å²) in [5.41, 5.74) is 4.80. The van der Waals surface area contributed by atoms with Gasteiger partial charge in [0.25, 0.3) is 0 Å². The van der Waals surface area contributed by atoms with Gasteiger partial charge in [-0.15, -0.1) is 0 Å². The lowest BCUT2D eigenvalue weighted by atomic mass is 9.92. The first kappa shape index (κ1) is 32.5. The Morgan fingerprint density at radius 3 is 2.35 bits per heavy atom. The van der Waals surface area contributed by atoms with Crippen molar-refractivity contribution in [3.63, 3.8) is 0 Å². The fraction of sp³-hybridized carbons (Fsp3) is 0.486. The number of fused-ring (bicyclic) bond motifs is 1. The highest BCUT2D eigenvalue weighted by Gasteiger charge is 2.29. The van der Waals surface area contributed by atoms with Gasteiger partial charge in [0.05, 0.1) is 30.1 Å². The number of ether oxygens (including phenoxy) is 1. The van der Waals surface area contributed by atoms with Crippen LogP contribution in [0.5, 0.6) is 5.75 Å². The van der Waals surface area contributed by atoms with E-state index < -0.39 is 11.4 Å². The first-order chi connectivity index (χ1) is 23.1. The second-order valence-electron chi connectivity index (χ2n) is 14.2. The predicted octanol–water partition coefficient (Wildman–Crippen LogP) is 6.29. The zero-order valence-corrected chi connectivity index (χ0v) is 28.7. The maximum atomic E-state index is 15.2. The number of piperazine rings is 1. The summed E-state index contributed by atoms with van der Waals surface area (Å²) < 4.78 is 21.0. The molecule has 0 amide bonds. The quantitative estimate of drug-likeness (QED) is 0.191. The highest BCUT2D eigenvalue weighted by molar-refractivity contribution is 5.89. The van der Waals surface area contributed by atoms with Crippen LogP contribution in [0.2, 0.25) is 0 Å². The lowest BCUT2D eigenvalue weighted by molar-refractivity contribution is 0.0809. The summed E-state index contributed by atoms with van der Waals surface area (Å²) in [6, 6.07) is 12.5. The molecule has 2 saturated heterocycles. The van der Waals surface area contributed by atoms with E-state index in [1.165, 1.54) is 0 Å². The topological polar surface area (TPSA) is 102 Å². The van der Waals surface area contributed by atoms with Crippen molar-refractivity contribution in [3.8, 4) is 5.75 Å². The highest BCUT2D eigenvalue weighted by atomic mass is 19.1. The van der Waals surface area contributed by atoms with Gasteiger partial charge in [-0.2, -0.15) is 4.98 Å². The van der Waals surface area contributed by atoms with Crippen molar-refractivity contribution >= 4 is 39.7 Å². The molecule has 11 heteroatoms. The molecule has 3 N–H and O–H groups in total. The summed E-state index contributed by atoms with van der Waals surface area (Å²) in [6.45, 7) is 12.1. The molecule has 0 spiro atoms. The van der Waals surface area contributed by atoms with E-state index >= 15 is 4.39 Å². The third-order valence-corrected chi connectivity index (χ3v) is 10.1. The van der Waals surface area contributed by atoms with E-state index in [4.69, 9.17) is 9.72 Å². The van der Waals surface area contributed by atoms with Gasteiger partial charge < -0.3 is 30.3 Å². The van der Waals surface area contributed by atoms with Crippen LogP contribution >= 0.6 is 0 Å². The molecule has 4 aromatic rings. The van der Waals surface area contributed by atoms with Crippen molar-refractivity contribution in [2.75, 3.05) is 69.0 Å². The van der Waals surface area contributed by atoms with E-state index in [9.17, 15) is 5.11 Å². The summed E-state index contributed by atoms with van der Waals surface area (Å²) in [5.74, 6) is 0.787. The number of nitrogens with zero attached hydrogens (tertiary/aromatic N) is 6. The van der Waals surface area contributed by atoms with Crippen LogP contribution in [0.4, 0.5) is 33.2 Å². The Hall–Kier alpha value is -4.06. The van der Waals surface area contributed by atoms with Crippen LogP contribution in [-0.4, -0.2) is 89.3 Å². The average Bonchev–Trinajstić information content (AvgIpc) is 3.92. The van der Waals surface area contributed by atoms with Gasteiger partial charge in [-0.1, -0.05) is 6.07 Å². The van der Waals surface area contributed by atoms with E-state index in [0.29, 0.717) is 34.6 Å². The first-order valence-corrected chi connectivity index (χ1v) is 17.2. The standard InChI is InChI=1S/C37H47FN8O2/c1-23-20-31(33(48-5)21-32(23)46-14-12-25(13-15-46)45-18-16-44(4)17-19-45)42-36-39-22-27(38)35(43-36)41-30-11-10-29-26(34(30)37(2,3)47)8-9-28(40-29)24-6-7-24/h8-11,20-22,24-25,47H,6-7,12-19H2,1-5H3,(H2,39,41,42,43). The number of pyridine rings is 1. The monoisotopic (exact) mass is 654 g/mol. The van der Waals surface area contributed by atoms with E-state index in [2.05, 4.69) is 55.3 Å². The zero-order valence-electron chi connectivity index (χ0n) is 28.7. The van der Waals surface area contributed by atoms with Crippen LogP contribution < -0.4 is 20.3 Å². The molecule has 1 aliphatic carbocycles. The number of rotatable bonds is 9. The van der Waals surface area contributed by atoms with E-state index in [-0.39, 0.29) is 11.8 Å². The number of nitrogens with one attached hydrogen (secondary N) is 2. The number of anilines is 5. The van der Waals surface area contributed by atoms with Crippen LogP contribution in [0.3, 0.4) is 0 Å². The number of aromatic nitrogens is 3. The van der Waals surface area contributed by atoms with Gasteiger partial charge in [-0.25, -0.2) is 9.37 Å². The van der Waals surface area contributed by atoms with Gasteiger partial charge in [0.1, 0.15) is 5.75 Å². The molecular formula is C37H47FN8O2. The molecule has 0 unspecified atom stereocenters. The Balaban J connectivity index is 1.10. The number of aryl methyl sites for hydroxylation is 1. The molecule has 2 aromatic carbocycles. The maximum absolute atomic E-state index is 15.2. The number of aliphatic hydroxyl groups is 1. The van der Waals surface area contributed by atoms with Crippen molar-refractivity contribution in [2.45, 2.75) is 64.0 Å². The van der Waals surface area contributed by atoms with Crippen molar-refractivity contribution in [1.29, 1.82) is 0 Å². The number of methoxy groups -OCH3 is 1. The fourth-order valence-electron chi connectivity index (χ4n) is 7.30. The van der Waals surface area contributed by atoms with E-state index in [1.807, 2.05) is 30.3 Å². The maximum Gasteiger partial charge on any atom is 0.229 e. The summed E-state index contributed by atoms with van der Waals surface area (Å²) in [6.07, 6.45) is 5.76. The Bertz CT molecular complexity index is 1790. The molecule has 4 heterocycles. The van der Waals surface area contributed by atoms with Gasteiger partial charge in [0, 0.05) is 85.3 Å². The SMILES string of the molecule is COc1cc(N2CCC(N3CCN(C)CC3)CC2)c(C)cc1Nc1ncc(F)c(Nc2ccc3nc(C4CC4)ccc3c2C(C)(C)O)n1. The Morgan fingerprint density at radius 1 is 0.917 bits per heavy atom. The Labute approximate surface area is 282 Å². The molecule has 2 aromatic heterocycles. The van der Waals surface area contributed by atoms with E-state index in [0.717, 1.165) is 99.0 Å². The molecule has 3 fully saturated rings. The molecule has 0 bridgehead atoms. The molecule has 10 nitrogen and oxygen atoms in total. The largest absolute Gasteiger partial charge is 0.494 e. The third kappa shape index (κ3) is 6.76. The number of likely N-dealkylation sites (N-methyl/N-ethyl adjacent to an activating group) is 1. The lowest BCUT2D eigenvalue weighted by Gasteiger charge is -2.43. The van der Waals surface area contributed by atoms with Gasteiger partial charge in [-0.05, 0) is 83.3 Å². The number of piperidine rings is 1. The first-order valence-electron chi connectivity index (χ1n) is 17.2. The van der Waals surface area contributed by atoms with Crippen molar-refractivity contribution in [2.24, 2.45) is 0 Å². The molecule has 1 saturated carbocycles. The fourth-order valence-corrected chi connectivity index (χ4v) is 7.30. The average molecular weight is 655 g/mol. The third-order valence-electron chi connectivity index (χ3n) is 10.1. The second kappa shape index (κ2) is 13.1. The van der Waals surface area contributed by atoms with Gasteiger partial charge in [0.2, 0.25) is 5.95 Å². The summed E-state index contributed by atoms with van der Waals surface area (Å²) >= 11 is 0. The molecule has 254 valence electrons. The predicted molar refractivity (Wildman–Crippen MR) is 190 cm³/mol. The number of benzene rings is 2. The van der Waals surface area contributed by atoms with Gasteiger partial charge in [0.15, 0.2) is 11.6 Å². The van der Waals surface area contributed by atoms with Crippen molar-refractivity contribution in [1.82, 2.24) is 24.8 Å². The minimum Gasteiger partial charge on any atom is -0.494 e. The van der Waals surface area contributed by atoms with Crippen molar-refractivity contribution in [3.05, 3.63) is 65.2 Å². The Kier molecular flexibility index (Phi) is 8.86. The zero-order chi connectivity index (χ0) is 33.6. The molecule has 2 aliphatic heterocycles. The molecule has 0 radical (unpaired) electrons.